The molecule has 0 aliphatic carbocycles. The van der Waals surface area contributed by atoms with Crippen LogP contribution in [0.15, 0.2) is 0 Å². The van der Waals surface area contributed by atoms with Crippen LogP contribution in [-0.4, -0.2) is 79.0 Å². The molecule has 4 heteroatoms. The molecule has 0 aromatic heterocycles. The summed E-state index contributed by atoms with van der Waals surface area (Å²) in [7, 11) is 0. The fourth-order valence-corrected chi connectivity index (χ4v) is 0. The van der Waals surface area contributed by atoms with Gasteiger partial charge in [-0.05, 0) is 0 Å². The summed E-state index contributed by atoms with van der Waals surface area (Å²) in [5.41, 5.74) is 0. The van der Waals surface area contributed by atoms with Crippen molar-refractivity contribution in [3.63, 3.8) is 0 Å². The van der Waals surface area contributed by atoms with Crippen molar-refractivity contribution in [1.29, 1.82) is 0 Å². The van der Waals surface area contributed by atoms with Crippen molar-refractivity contribution in [3.05, 3.63) is 0 Å². The van der Waals surface area contributed by atoms with Gasteiger partial charge < -0.3 is 2.85 Å². The van der Waals surface area contributed by atoms with Crippen molar-refractivity contribution >= 4 is 79.0 Å². The van der Waals surface area contributed by atoms with Crippen molar-refractivity contribution in [1.82, 2.24) is 0 Å². The van der Waals surface area contributed by atoms with E-state index < -0.39 is 0 Å². The summed E-state index contributed by atoms with van der Waals surface area (Å²) < 4.78 is 0. The van der Waals surface area contributed by atoms with Crippen LogP contribution in [0.4, 0.5) is 0 Å². The maximum atomic E-state index is 0. The minimum atomic E-state index is 0. The molecule has 0 nitrogen and oxygen atoms in total. The van der Waals surface area contributed by atoms with Gasteiger partial charge in [0.05, 0.1) is 0 Å². The second-order valence-electron chi connectivity index (χ2n) is 0. The quantitative estimate of drug-likeness (QED) is 0.443. The molecular weight excluding hydrogens is 294 g/mol. The first-order valence-corrected chi connectivity index (χ1v) is 0. The van der Waals surface area contributed by atoms with E-state index in [0.717, 1.165) is 0 Å². The molecule has 0 bridgehead atoms. The molecule has 0 saturated heterocycles. The van der Waals surface area contributed by atoms with Gasteiger partial charge in [0.2, 0.25) is 0 Å². The average molecular weight is 301 g/mol. The van der Waals surface area contributed by atoms with Gasteiger partial charge in [0, 0.05) is 22.4 Å². The topological polar surface area (TPSA) is 0 Å². The number of hydrogen-bond donors (Lipinski definition) is 0. The Morgan fingerprint density at radius 3 is 1.25 bits per heavy atom. The molecule has 0 atom stereocenters. The molecule has 0 rings (SSSR count). The van der Waals surface area contributed by atoms with Gasteiger partial charge in [-0.3, -0.25) is 0 Å². The van der Waals surface area contributed by atoms with Crippen LogP contribution >= 0.6 is 0 Å². The fourth-order valence-electron chi connectivity index (χ4n) is 0. The molecule has 0 heterocycles. The van der Waals surface area contributed by atoms with Gasteiger partial charge in [-0.15, -0.1) is 0 Å². The molecule has 0 N–H and O–H groups in total. The Morgan fingerprint density at radius 2 is 1.25 bits per heavy atom. The Labute approximate surface area is 102 Å². The number of rotatable bonds is 0. The van der Waals surface area contributed by atoms with Crippen LogP contribution in [0.25, 0.3) is 0 Å². The van der Waals surface area contributed by atoms with Gasteiger partial charge in [0.1, 0.15) is 0 Å². The van der Waals surface area contributed by atoms with E-state index in [2.05, 4.69) is 0 Å². The molecule has 0 aromatic carbocycles. The molecule has 0 saturated carbocycles. The van der Waals surface area contributed by atoms with E-state index in [0.29, 0.717) is 0 Å². The van der Waals surface area contributed by atoms with Gasteiger partial charge >= 0.3 is 61.6 Å². The molecule has 0 unspecified atom stereocenters. The molecule has 0 aromatic rings. The first kappa shape index (κ1) is 26.5. The van der Waals surface area contributed by atoms with Crippen molar-refractivity contribution < 1.29 is 25.2 Å². The first-order valence-electron chi connectivity index (χ1n) is 0. The maximum absolute atomic E-state index is 0. The summed E-state index contributed by atoms with van der Waals surface area (Å²) in [6, 6.07) is 0. The summed E-state index contributed by atoms with van der Waals surface area (Å²) in [6.45, 7) is 0. The van der Waals surface area contributed by atoms with Gasteiger partial charge in [-0.2, -0.15) is 0 Å². The van der Waals surface area contributed by atoms with Gasteiger partial charge in [0.25, 0.3) is 0 Å². The Kier molecular flexibility index (Phi) is 107. The minimum absolute atomic E-state index is 0. The molecule has 4 heavy (non-hydrogen) atoms. The summed E-state index contributed by atoms with van der Waals surface area (Å²) >= 11 is 0. The predicted octanol–water partition coefficient (Wildman–Crippen LogP) is -2.26. The van der Waals surface area contributed by atoms with E-state index in [9.17, 15) is 0 Å². The number of hydrogen-bond acceptors (Lipinski definition) is 0. The van der Waals surface area contributed by atoms with E-state index in [1.165, 1.54) is 0 Å². The normalized spacial score (nSPS) is 0. The molecule has 27 valence electrons. The Balaban J connectivity index is 0. The summed E-state index contributed by atoms with van der Waals surface area (Å²) in [5, 5.41) is 0. The van der Waals surface area contributed by atoms with Crippen LogP contribution in [0.5, 0.6) is 0 Å². The molecule has 0 amide bonds. The van der Waals surface area contributed by atoms with E-state index >= 15 is 0 Å². The molecule has 0 aliphatic heterocycles. The second-order valence-corrected chi connectivity index (χ2v) is 0. The van der Waals surface area contributed by atoms with E-state index in [1.54, 1.807) is 0 Å². The predicted molar refractivity (Wildman–Crippen MR) is 26.5 cm³/mol. The third kappa shape index (κ3) is 9.01. The Hall–Kier alpha value is 3.33. The molecule has 3 radical (unpaired) electrons. The summed E-state index contributed by atoms with van der Waals surface area (Å²) in [4.78, 5) is 0. The van der Waals surface area contributed by atoms with Gasteiger partial charge in [0.15, 0.2) is 17.4 Å². The summed E-state index contributed by atoms with van der Waals surface area (Å²) in [6.07, 6.45) is 0. The van der Waals surface area contributed by atoms with Crippen molar-refractivity contribution in [3.8, 4) is 0 Å². The van der Waals surface area contributed by atoms with Gasteiger partial charge in [-0.25, -0.2) is 0 Å². The monoisotopic (exact) mass is 301 g/mol. The van der Waals surface area contributed by atoms with Gasteiger partial charge in [-0.1, -0.05) is 0 Å². The molecule has 0 aliphatic rings. The van der Waals surface area contributed by atoms with Crippen LogP contribution in [0.1, 0.15) is 2.85 Å². The second kappa shape index (κ2) is 16.2. The van der Waals surface area contributed by atoms with E-state index in [-0.39, 0.29) is 104 Å². The van der Waals surface area contributed by atoms with Crippen LogP contribution < -0.4 is 0 Å². The van der Waals surface area contributed by atoms with E-state index in [4.69, 9.17) is 0 Å². The standard InChI is InChI=1S/Ag.Al.Ca.Sn.7H/q;;+2;;;;;;;2*-1. The zero-order valence-electron chi connectivity index (χ0n) is 3.72. The zero-order valence-corrected chi connectivity index (χ0v) is 9.44. The first-order chi connectivity index (χ1) is 0. The van der Waals surface area contributed by atoms with Crippen LogP contribution in [0.3, 0.4) is 0 Å². The average Bonchev–Trinajstić information content (AvgIpc) is 0. The fraction of sp³-hybridized carbons (Fsp3) is 0. The summed E-state index contributed by atoms with van der Waals surface area (Å²) in [5.74, 6) is 0. The Bertz CT molecular complexity index is 13.5. The molecule has 0 spiro atoms. The third-order valence-electron chi connectivity index (χ3n) is 0. The molecule has 0 fully saturated rings. The van der Waals surface area contributed by atoms with E-state index in [1.807, 2.05) is 0 Å². The van der Waals surface area contributed by atoms with Crippen LogP contribution in [0, 0.1) is 0 Å². The van der Waals surface area contributed by atoms with Crippen molar-refractivity contribution in [2.24, 2.45) is 0 Å². The van der Waals surface area contributed by atoms with Crippen molar-refractivity contribution in [2.45, 2.75) is 0 Å². The van der Waals surface area contributed by atoms with Crippen LogP contribution in [-0.2, 0) is 22.4 Å². The van der Waals surface area contributed by atoms with Crippen molar-refractivity contribution in [2.75, 3.05) is 0 Å². The van der Waals surface area contributed by atoms with Crippen LogP contribution in [0.2, 0.25) is 0 Å². The zero-order chi connectivity index (χ0) is 0. The SMILES string of the molecule is [Ag].[AlH3].[Ca+2].[H-].[H-].[SnH2]. The Morgan fingerprint density at radius 1 is 1.25 bits per heavy atom. The third-order valence-corrected chi connectivity index (χ3v) is 0. The molecular formula is H7AgAlCaSn.